The van der Waals surface area contributed by atoms with Crippen molar-refractivity contribution in [3.05, 3.63) is 12.4 Å². The highest BCUT2D eigenvalue weighted by atomic mass is 16.4. The summed E-state index contributed by atoms with van der Waals surface area (Å²) in [5.41, 5.74) is 0.329. The Morgan fingerprint density at radius 2 is 1.67 bits per heavy atom. The minimum atomic E-state index is -1.49. The minimum absolute atomic E-state index is 0.329. The number of piperidine rings is 1. The lowest BCUT2D eigenvalue weighted by atomic mass is 9.83. The third kappa shape index (κ3) is 2.46. The summed E-state index contributed by atoms with van der Waals surface area (Å²) in [5, 5.41) is 17.8. The van der Waals surface area contributed by atoms with Crippen LogP contribution in [0.1, 0.15) is 19.3 Å². The van der Waals surface area contributed by atoms with Crippen LogP contribution in [-0.4, -0.2) is 40.2 Å². The van der Waals surface area contributed by atoms with E-state index >= 15 is 0 Å². The van der Waals surface area contributed by atoms with Gasteiger partial charge in [0.05, 0.1) is 0 Å². The van der Waals surface area contributed by atoms with E-state index in [0.717, 1.165) is 13.1 Å². The molecule has 2 rings (SSSR count). The van der Waals surface area contributed by atoms with Crippen molar-refractivity contribution >= 4 is 18.5 Å². The van der Waals surface area contributed by atoms with Crippen molar-refractivity contribution < 1.29 is 10.0 Å². The van der Waals surface area contributed by atoms with Crippen molar-refractivity contribution in [3.63, 3.8) is 0 Å². The number of hydrogen-bond donors (Lipinski definition) is 2. The molecule has 1 fully saturated rings. The normalized spacial score (nSPS) is 16.5. The number of anilines is 1. The highest BCUT2D eigenvalue weighted by molar-refractivity contribution is 6.58. The second-order valence-electron chi connectivity index (χ2n) is 3.74. The topological polar surface area (TPSA) is 69.5 Å². The van der Waals surface area contributed by atoms with Crippen molar-refractivity contribution in [3.8, 4) is 0 Å². The summed E-state index contributed by atoms with van der Waals surface area (Å²) in [4.78, 5) is 10.4. The van der Waals surface area contributed by atoms with E-state index in [1.165, 1.54) is 31.7 Å². The molecule has 0 unspecified atom stereocenters. The maximum absolute atomic E-state index is 8.89. The predicted molar refractivity (Wildman–Crippen MR) is 57.9 cm³/mol. The second kappa shape index (κ2) is 4.59. The maximum Gasteiger partial charge on any atom is 0.491 e. The van der Waals surface area contributed by atoms with Crippen LogP contribution in [0.5, 0.6) is 0 Å². The van der Waals surface area contributed by atoms with E-state index < -0.39 is 7.12 Å². The van der Waals surface area contributed by atoms with Crippen LogP contribution in [0.4, 0.5) is 5.95 Å². The predicted octanol–water partition coefficient (Wildman–Crippen LogP) is -0.853. The Hall–Kier alpha value is -1.14. The molecule has 0 spiro atoms. The Balaban J connectivity index is 2.08. The van der Waals surface area contributed by atoms with Gasteiger partial charge in [-0.25, -0.2) is 9.97 Å². The van der Waals surface area contributed by atoms with Gasteiger partial charge in [0.1, 0.15) is 0 Å². The fraction of sp³-hybridized carbons (Fsp3) is 0.556. The average Bonchev–Trinajstić information content (AvgIpc) is 2.30. The molecule has 2 heterocycles. The molecule has 0 aromatic carbocycles. The molecule has 0 amide bonds. The third-order valence-corrected chi connectivity index (χ3v) is 2.60. The number of nitrogens with zero attached hydrogens (tertiary/aromatic N) is 3. The fourth-order valence-corrected chi connectivity index (χ4v) is 1.72. The van der Waals surface area contributed by atoms with Gasteiger partial charge < -0.3 is 14.9 Å². The van der Waals surface area contributed by atoms with Gasteiger partial charge in [0.15, 0.2) is 0 Å². The van der Waals surface area contributed by atoms with Gasteiger partial charge in [-0.15, -0.1) is 0 Å². The summed E-state index contributed by atoms with van der Waals surface area (Å²) < 4.78 is 0. The van der Waals surface area contributed by atoms with Gasteiger partial charge in [-0.2, -0.15) is 0 Å². The molecule has 6 heteroatoms. The second-order valence-corrected chi connectivity index (χ2v) is 3.74. The van der Waals surface area contributed by atoms with E-state index in [1.807, 2.05) is 0 Å². The van der Waals surface area contributed by atoms with E-state index in [1.54, 1.807) is 0 Å². The highest BCUT2D eigenvalue weighted by Gasteiger charge is 2.15. The highest BCUT2D eigenvalue weighted by Crippen LogP contribution is 2.13. The molecule has 0 bridgehead atoms. The summed E-state index contributed by atoms with van der Waals surface area (Å²) in [6.07, 6.45) is 6.54. The lowest BCUT2D eigenvalue weighted by Gasteiger charge is -2.26. The Morgan fingerprint density at radius 1 is 1.07 bits per heavy atom. The molecular formula is C9H14BN3O2. The Kier molecular flexibility index (Phi) is 3.18. The van der Waals surface area contributed by atoms with Crippen molar-refractivity contribution in [2.24, 2.45) is 0 Å². The Morgan fingerprint density at radius 3 is 2.20 bits per heavy atom. The molecule has 0 aliphatic carbocycles. The van der Waals surface area contributed by atoms with Crippen LogP contribution in [0.3, 0.4) is 0 Å². The molecule has 2 N–H and O–H groups in total. The molecule has 1 aromatic rings. The first-order valence-corrected chi connectivity index (χ1v) is 5.20. The van der Waals surface area contributed by atoms with E-state index in [-0.39, 0.29) is 0 Å². The molecule has 0 radical (unpaired) electrons. The zero-order valence-electron chi connectivity index (χ0n) is 8.50. The first-order chi connectivity index (χ1) is 7.27. The van der Waals surface area contributed by atoms with Crippen LogP contribution in [0.25, 0.3) is 0 Å². The van der Waals surface area contributed by atoms with E-state index in [4.69, 9.17) is 10.0 Å². The maximum atomic E-state index is 8.89. The van der Waals surface area contributed by atoms with Crippen molar-refractivity contribution in [2.45, 2.75) is 19.3 Å². The Labute approximate surface area is 88.9 Å². The number of rotatable bonds is 2. The lowest BCUT2D eigenvalue weighted by Crippen LogP contribution is -2.34. The van der Waals surface area contributed by atoms with Gasteiger partial charge in [0.2, 0.25) is 5.95 Å². The molecule has 5 nitrogen and oxygen atoms in total. The van der Waals surface area contributed by atoms with Gasteiger partial charge in [0, 0.05) is 30.9 Å². The Bertz CT molecular complexity index is 312. The molecular weight excluding hydrogens is 193 g/mol. The summed E-state index contributed by atoms with van der Waals surface area (Å²) in [7, 11) is -1.49. The van der Waals surface area contributed by atoms with Crippen molar-refractivity contribution in [1.29, 1.82) is 0 Å². The quantitative estimate of drug-likeness (QED) is 0.618. The van der Waals surface area contributed by atoms with E-state index in [2.05, 4.69) is 14.9 Å². The van der Waals surface area contributed by atoms with E-state index in [0.29, 0.717) is 11.4 Å². The standard InChI is InChI=1S/C9H14BN3O2/c14-10(15)8-6-11-9(12-7-8)13-4-2-1-3-5-13/h6-7,14-15H,1-5H2. The molecule has 15 heavy (non-hydrogen) atoms. The zero-order chi connectivity index (χ0) is 10.7. The fourth-order valence-electron chi connectivity index (χ4n) is 1.72. The van der Waals surface area contributed by atoms with Gasteiger partial charge in [0.25, 0.3) is 0 Å². The van der Waals surface area contributed by atoms with Gasteiger partial charge in [-0.3, -0.25) is 0 Å². The molecule has 1 aliphatic rings. The SMILES string of the molecule is OB(O)c1cnc(N2CCCCC2)nc1. The number of hydrogen-bond acceptors (Lipinski definition) is 5. The molecule has 1 aromatic heterocycles. The summed E-state index contributed by atoms with van der Waals surface area (Å²) in [6, 6.07) is 0. The van der Waals surface area contributed by atoms with Crippen LogP contribution in [0.2, 0.25) is 0 Å². The lowest BCUT2D eigenvalue weighted by molar-refractivity contribution is 0.425. The van der Waals surface area contributed by atoms with Crippen LogP contribution in [-0.2, 0) is 0 Å². The first kappa shape index (κ1) is 10.4. The summed E-state index contributed by atoms with van der Waals surface area (Å²) in [6.45, 7) is 1.97. The van der Waals surface area contributed by atoms with Crippen LogP contribution in [0, 0.1) is 0 Å². The molecule has 80 valence electrons. The monoisotopic (exact) mass is 207 g/mol. The van der Waals surface area contributed by atoms with E-state index in [9.17, 15) is 0 Å². The summed E-state index contributed by atoms with van der Waals surface area (Å²) in [5.74, 6) is 0.680. The van der Waals surface area contributed by atoms with Gasteiger partial charge in [-0.1, -0.05) is 0 Å². The largest absolute Gasteiger partial charge is 0.491 e. The smallest absolute Gasteiger partial charge is 0.423 e. The van der Waals surface area contributed by atoms with Crippen molar-refractivity contribution in [2.75, 3.05) is 18.0 Å². The minimum Gasteiger partial charge on any atom is -0.423 e. The van der Waals surface area contributed by atoms with Crippen LogP contribution >= 0.6 is 0 Å². The first-order valence-electron chi connectivity index (χ1n) is 5.20. The van der Waals surface area contributed by atoms with Crippen LogP contribution in [0.15, 0.2) is 12.4 Å². The zero-order valence-corrected chi connectivity index (χ0v) is 8.50. The average molecular weight is 207 g/mol. The van der Waals surface area contributed by atoms with Crippen LogP contribution < -0.4 is 10.4 Å². The summed E-state index contributed by atoms with van der Waals surface area (Å²) >= 11 is 0. The molecule has 1 saturated heterocycles. The molecule has 0 atom stereocenters. The van der Waals surface area contributed by atoms with Crippen molar-refractivity contribution in [1.82, 2.24) is 9.97 Å². The van der Waals surface area contributed by atoms with Gasteiger partial charge >= 0.3 is 7.12 Å². The molecule has 0 saturated carbocycles. The molecule has 1 aliphatic heterocycles. The van der Waals surface area contributed by atoms with Gasteiger partial charge in [-0.05, 0) is 19.3 Å². The number of aromatic nitrogens is 2. The third-order valence-electron chi connectivity index (χ3n) is 2.60.